The van der Waals surface area contributed by atoms with E-state index in [-0.39, 0.29) is 6.10 Å². The van der Waals surface area contributed by atoms with Gasteiger partial charge in [-0.1, -0.05) is 37.3 Å². The molecule has 1 unspecified atom stereocenters. The van der Waals surface area contributed by atoms with Crippen LogP contribution in [0.5, 0.6) is 5.75 Å². The molecule has 3 rings (SSSR count). The second-order valence-electron chi connectivity index (χ2n) is 7.05. The van der Waals surface area contributed by atoms with Crippen molar-refractivity contribution in [1.29, 1.82) is 0 Å². The molecule has 0 saturated carbocycles. The maximum atomic E-state index is 10.3. The lowest BCUT2D eigenvalue weighted by atomic mass is 9.99. The normalized spacial score (nSPS) is 18.1. The number of aliphatic hydroxyl groups excluding tert-OH is 1. The lowest BCUT2D eigenvalue weighted by molar-refractivity contribution is 0.0906. The van der Waals surface area contributed by atoms with E-state index in [0.29, 0.717) is 18.8 Å². The molecule has 4 nitrogen and oxygen atoms in total. The highest BCUT2D eigenvalue weighted by Gasteiger charge is 2.18. The van der Waals surface area contributed by atoms with Crippen molar-refractivity contribution in [3.05, 3.63) is 42.0 Å². The summed E-state index contributed by atoms with van der Waals surface area (Å²) < 4.78 is 0. The van der Waals surface area contributed by atoms with Crippen molar-refractivity contribution >= 4 is 10.8 Å². The largest absolute Gasteiger partial charge is 0.508 e. The van der Waals surface area contributed by atoms with E-state index < -0.39 is 0 Å². The highest BCUT2D eigenvalue weighted by Crippen LogP contribution is 2.26. The molecule has 1 aliphatic rings. The average molecular weight is 328 g/mol. The molecule has 1 aliphatic heterocycles. The molecule has 1 fully saturated rings. The Balaban J connectivity index is 1.52. The SMILES string of the molecule is CC1CCN(CC(O)CNCc2c(O)ccc3ccccc23)CC1. The van der Waals surface area contributed by atoms with Crippen LogP contribution in [0.2, 0.25) is 0 Å². The van der Waals surface area contributed by atoms with Gasteiger partial charge in [0.1, 0.15) is 5.75 Å². The van der Waals surface area contributed by atoms with E-state index in [0.717, 1.165) is 41.9 Å². The number of benzene rings is 2. The van der Waals surface area contributed by atoms with Gasteiger partial charge >= 0.3 is 0 Å². The summed E-state index contributed by atoms with van der Waals surface area (Å²) in [5.74, 6) is 1.12. The first-order valence-corrected chi connectivity index (χ1v) is 8.94. The van der Waals surface area contributed by atoms with Crippen molar-refractivity contribution in [2.75, 3.05) is 26.2 Å². The summed E-state index contributed by atoms with van der Waals surface area (Å²) >= 11 is 0. The summed E-state index contributed by atoms with van der Waals surface area (Å²) in [5, 5.41) is 25.9. The minimum Gasteiger partial charge on any atom is -0.508 e. The Morgan fingerprint density at radius 1 is 1.17 bits per heavy atom. The number of rotatable bonds is 6. The zero-order valence-corrected chi connectivity index (χ0v) is 14.4. The van der Waals surface area contributed by atoms with Crippen LogP contribution < -0.4 is 5.32 Å². The molecule has 1 atom stereocenters. The quantitative estimate of drug-likeness (QED) is 0.763. The van der Waals surface area contributed by atoms with E-state index in [1.165, 1.54) is 12.8 Å². The first-order valence-electron chi connectivity index (χ1n) is 8.94. The smallest absolute Gasteiger partial charge is 0.120 e. The highest BCUT2D eigenvalue weighted by molar-refractivity contribution is 5.87. The number of nitrogens with zero attached hydrogens (tertiary/aromatic N) is 1. The van der Waals surface area contributed by atoms with E-state index in [1.54, 1.807) is 6.07 Å². The molecule has 4 heteroatoms. The van der Waals surface area contributed by atoms with Crippen LogP contribution in [-0.2, 0) is 6.54 Å². The minimum atomic E-state index is -0.379. The fraction of sp³-hybridized carbons (Fsp3) is 0.500. The zero-order valence-electron chi connectivity index (χ0n) is 14.4. The standard InChI is InChI=1S/C20H28N2O2/c1-15-8-10-22(11-9-15)14-17(23)12-21-13-19-18-5-3-2-4-16(18)6-7-20(19)24/h2-7,15,17,21,23-24H,8-14H2,1H3. The number of phenols is 1. The Bertz CT molecular complexity index is 666. The molecule has 1 saturated heterocycles. The number of aromatic hydroxyl groups is 1. The number of hydrogen-bond acceptors (Lipinski definition) is 4. The molecule has 0 spiro atoms. The van der Waals surface area contributed by atoms with E-state index >= 15 is 0 Å². The molecule has 0 aromatic heterocycles. The van der Waals surface area contributed by atoms with Gasteiger partial charge in [0.15, 0.2) is 0 Å². The van der Waals surface area contributed by atoms with Crippen LogP contribution >= 0.6 is 0 Å². The first-order chi connectivity index (χ1) is 11.6. The monoisotopic (exact) mass is 328 g/mol. The third-order valence-electron chi connectivity index (χ3n) is 5.04. The number of aliphatic hydroxyl groups is 1. The fourth-order valence-electron chi connectivity index (χ4n) is 3.48. The predicted molar refractivity (Wildman–Crippen MR) is 98.2 cm³/mol. The van der Waals surface area contributed by atoms with E-state index in [1.807, 2.05) is 30.3 Å². The molecule has 0 radical (unpaired) electrons. The third kappa shape index (κ3) is 4.26. The van der Waals surface area contributed by atoms with E-state index in [2.05, 4.69) is 17.1 Å². The fourth-order valence-corrected chi connectivity index (χ4v) is 3.48. The van der Waals surface area contributed by atoms with Gasteiger partial charge in [-0.15, -0.1) is 0 Å². The Labute approximate surface area is 144 Å². The number of likely N-dealkylation sites (tertiary alicyclic amines) is 1. The van der Waals surface area contributed by atoms with Crippen molar-refractivity contribution in [1.82, 2.24) is 10.2 Å². The molecule has 1 heterocycles. The Hall–Kier alpha value is -1.62. The van der Waals surface area contributed by atoms with E-state index in [9.17, 15) is 10.2 Å². The molecule has 0 bridgehead atoms. The Morgan fingerprint density at radius 2 is 1.92 bits per heavy atom. The zero-order chi connectivity index (χ0) is 16.9. The van der Waals surface area contributed by atoms with Crippen LogP contribution in [-0.4, -0.2) is 47.4 Å². The van der Waals surface area contributed by atoms with E-state index in [4.69, 9.17) is 0 Å². The van der Waals surface area contributed by atoms with Gasteiger partial charge in [-0.3, -0.25) is 0 Å². The maximum Gasteiger partial charge on any atom is 0.120 e. The van der Waals surface area contributed by atoms with Gasteiger partial charge in [0, 0.05) is 25.2 Å². The van der Waals surface area contributed by atoms with Crippen molar-refractivity contribution in [3.63, 3.8) is 0 Å². The molecule has 2 aromatic rings. The summed E-state index contributed by atoms with van der Waals surface area (Å²) in [7, 11) is 0. The molecular formula is C20H28N2O2. The Morgan fingerprint density at radius 3 is 2.71 bits per heavy atom. The molecular weight excluding hydrogens is 300 g/mol. The molecule has 130 valence electrons. The van der Waals surface area contributed by atoms with Crippen LogP contribution in [0, 0.1) is 5.92 Å². The minimum absolute atomic E-state index is 0.306. The number of phenolic OH excluding ortho intramolecular Hbond substituents is 1. The lowest BCUT2D eigenvalue weighted by Gasteiger charge is -2.31. The topological polar surface area (TPSA) is 55.7 Å². The predicted octanol–water partition coefficient (Wildman–Crippen LogP) is 2.73. The van der Waals surface area contributed by atoms with Gasteiger partial charge in [0.25, 0.3) is 0 Å². The average Bonchev–Trinajstić information content (AvgIpc) is 2.59. The summed E-state index contributed by atoms with van der Waals surface area (Å²) in [4.78, 5) is 2.35. The summed E-state index contributed by atoms with van der Waals surface area (Å²) in [6.07, 6.45) is 2.07. The molecule has 0 amide bonds. The molecule has 2 aromatic carbocycles. The van der Waals surface area contributed by atoms with Crippen LogP contribution in [0.3, 0.4) is 0 Å². The van der Waals surface area contributed by atoms with Crippen molar-refractivity contribution in [3.8, 4) is 5.75 Å². The van der Waals surface area contributed by atoms with Gasteiger partial charge in [0.05, 0.1) is 6.10 Å². The van der Waals surface area contributed by atoms with Crippen LogP contribution in [0.15, 0.2) is 36.4 Å². The number of hydrogen-bond donors (Lipinski definition) is 3. The van der Waals surface area contributed by atoms with Crippen LogP contribution in [0.4, 0.5) is 0 Å². The van der Waals surface area contributed by atoms with Gasteiger partial charge < -0.3 is 20.4 Å². The van der Waals surface area contributed by atoms with Gasteiger partial charge in [-0.25, -0.2) is 0 Å². The third-order valence-corrected chi connectivity index (χ3v) is 5.04. The number of β-amino-alcohol motifs (C(OH)–C–C–N with tert-alkyl or cyclic N) is 1. The number of nitrogens with one attached hydrogen (secondary N) is 1. The summed E-state index contributed by atoms with van der Waals surface area (Å²) in [5.41, 5.74) is 0.895. The highest BCUT2D eigenvalue weighted by atomic mass is 16.3. The lowest BCUT2D eigenvalue weighted by Crippen LogP contribution is -2.41. The number of piperidine rings is 1. The molecule has 24 heavy (non-hydrogen) atoms. The number of fused-ring (bicyclic) bond motifs is 1. The van der Waals surface area contributed by atoms with Crippen molar-refractivity contribution < 1.29 is 10.2 Å². The summed E-state index contributed by atoms with van der Waals surface area (Å²) in [6.45, 7) is 6.29. The maximum absolute atomic E-state index is 10.3. The molecule has 0 aliphatic carbocycles. The second-order valence-corrected chi connectivity index (χ2v) is 7.05. The molecule has 3 N–H and O–H groups in total. The van der Waals surface area contributed by atoms with Gasteiger partial charge in [-0.05, 0) is 48.7 Å². The van der Waals surface area contributed by atoms with Crippen molar-refractivity contribution in [2.24, 2.45) is 5.92 Å². The first kappa shape index (κ1) is 17.2. The second kappa shape index (κ2) is 7.97. The van der Waals surface area contributed by atoms with Gasteiger partial charge in [0.2, 0.25) is 0 Å². The summed E-state index contributed by atoms with van der Waals surface area (Å²) in [6, 6.07) is 11.7. The Kier molecular flexibility index (Phi) is 5.72. The van der Waals surface area contributed by atoms with Crippen molar-refractivity contribution in [2.45, 2.75) is 32.4 Å². The van der Waals surface area contributed by atoms with Gasteiger partial charge in [-0.2, -0.15) is 0 Å². The van der Waals surface area contributed by atoms with Crippen LogP contribution in [0.1, 0.15) is 25.3 Å². The van der Waals surface area contributed by atoms with Crippen LogP contribution in [0.25, 0.3) is 10.8 Å².